The summed E-state index contributed by atoms with van der Waals surface area (Å²) in [5.74, 6) is 0.794. The number of nitrogens with two attached hydrogens (primary N) is 1. The molecule has 0 heterocycles. The quantitative estimate of drug-likeness (QED) is 0.881. The van der Waals surface area contributed by atoms with Gasteiger partial charge in [-0.3, -0.25) is 0 Å². The van der Waals surface area contributed by atoms with E-state index in [1.165, 1.54) is 19.3 Å². The molecule has 1 atom stereocenters. The first-order chi connectivity index (χ1) is 8.16. The monoisotopic (exact) mass is 253 g/mol. The van der Waals surface area contributed by atoms with E-state index in [1.54, 1.807) is 0 Å². The van der Waals surface area contributed by atoms with Crippen LogP contribution < -0.4 is 10.5 Å². The maximum Gasteiger partial charge on any atom is 0.138 e. The Balaban J connectivity index is 2.05. The Hall–Kier alpha value is -0.730. The van der Waals surface area contributed by atoms with Gasteiger partial charge in [-0.15, -0.1) is 0 Å². The summed E-state index contributed by atoms with van der Waals surface area (Å²) in [5.41, 5.74) is 6.86. The number of halogens is 1. The second kappa shape index (κ2) is 5.74. The van der Waals surface area contributed by atoms with Gasteiger partial charge in [-0.1, -0.05) is 24.1 Å². The molecule has 0 spiro atoms. The highest BCUT2D eigenvalue weighted by atomic mass is 35.5. The topological polar surface area (TPSA) is 35.2 Å². The van der Waals surface area contributed by atoms with E-state index in [9.17, 15) is 0 Å². The molecule has 1 aliphatic carbocycles. The van der Waals surface area contributed by atoms with E-state index in [4.69, 9.17) is 22.1 Å². The predicted molar refractivity (Wildman–Crippen MR) is 71.6 cm³/mol. The van der Waals surface area contributed by atoms with Crippen molar-refractivity contribution in [1.29, 1.82) is 0 Å². The first-order valence-electron chi connectivity index (χ1n) is 6.38. The van der Waals surface area contributed by atoms with Gasteiger partial charge in [0.25, 0.3) is 0 Å². The van der Waals surface area contributed by atoms with Crippen molar-refractivity contribution in [2.24, 2.45) is 5.73 Å². The first-order valence-corrected chi connectivity index (χ1v) is 6.76. The second-order valence-electron chi connectivity index (χ2n) is 4.86. The molecule has 0 radical (unpaired) electrons. The van der Waals surface area contributed by atoms with Crippen molar-refractivity contribution < 1.29 is 4.74 Å². The minimum absolute atomic E-state index is 0.0104. The van der Waals surface area contributed by atoms with Crippen LogP contribution >= 0.6 is 11.6 Å². The van der Waals surface area contributed by atoms with Crippen molar-refractivity contribution in [3.05, 3.63) is 28.8 Å². The van der Waals surface area contributed by atoms with E-state index in [0.717, 1.165) is 24.2 Å². The molecular weight excluding hydrogens is 234 g/mol. The van der Waals surface area contributed by atoms with Crippen LogP contribution in [0.5, 0.6) is 5.75 Å². The van der Waals surface area contributed by atoms with Crippen LogP contribution in [0, 0.1) is 0 Å². The molecule has 0 bridgehead atoms. The van der Waals surface area contributed by atoms with Crippen LogP contribution in [0.3, 0.4) is 0 Å². The number of ether oxygens (including phenoxy) is 1. The molecular formula is C14H20ClNO. The Morgan fingerprint density at radius 2 is 2.00 bits per heavy atom. The van der Waals surface area contributed by atoms with Crippen molar-refractivity contribution in [1.82, 2.24) is 0 Å². The maximum absolute atomic E-state index is 6.21. The van der Waals surface area contributed by atoms with Gasteiger partial charge in [-0.2, -0.15) is 0 Å². The van der Waals surface area contributed by atoms with Gasteiger partial charge in [0.05, 0.1) is 11.1 Å². The van der Waals surface area contributed by atoms with Gasteiger partial charge in [-0.25, -0.2) is 0 Å². The first kappa shape index (κ1) is 12.7. The molecule has 1 fully saturated rings. The van der Waals surface area contributed by atoms with Crippen molar-refractivity contribution in [3.8, 4) is 5.75 Å². The van der Waals surface area contributed by atoms with E-state index in [-0.39, 0.29) is 6.04 Å². The highest BCUT2D eigenvalue weighted by Crippen LogP contribution is 2.30. The fourth-order valence-electron chi connectivity index (χ4n) is 2.26. The van der Waals surface area contributed by atoms with Crippen LogP contribution in [0.15, 0.2) is 18.2 Å². The lowest BCUT2D eigenvalue weighted by atomic mass is 9.98. The third-order valence-electron chi connectivity index (χ3n) is 3.33. The van der Waals surface area contributed by atoms with Crippen LogP contribution in [0.4, 0.5) is 0 Å². The summed E-state index contributed by atoms with van der Waals surface area (Å²) in [5, 5.41) is 0.672. The zero-order chi connectivity index (χ0) is 12.3. The Morgan fingerprint density at radius 1 is 1.29 bits per heavy atom. The Kier molecular flexibility index (Phi) is 4.30. The highest BCUT2D eigenvalue weighted by molar-refractivity contribution is 6.32. The molecule has 1 saturated carbocycles. The highest BCUT2D eigenvalue weighted by Gasteiger charge is 2.16. The van der Waals surface area contributed by atoms with Crippen molar-refractivity contribution >= 4 is 11.6 Å². The van der Waals surface area contributed by atoms with Crippen molar-refractivity contribution in [2.45, 2.75) is 51.2 Å². The standard InChI is InChI=1S/C14H20ClNO/c1-10(16)11-7-8-14(13(15)9-11)17-12-5-3-2-4-6-12/h7-10,12H,2-6,16H2,1H3/t10-/m1/s1. The molecule has 2 nitrogen and oxygen atoms in total. The SMILES string of the molecule is C[C@@H](N)c1ccc(OC2CCCCC2)c(Cl)c1. The molecule has 2 rings (SSSR count). The molecule has 0 aromatic heterocycles. The molecule has 0 aliphatic heterocycles. The van der Waals surface area contributed by atoms with Crippen LogP contribution in [0.1, 0.15) is 50.6 Å². The lowest BCUT2D eigenvalue weighted by Crippen LogP contribution is -2.19. The average molecular weight is 254 g/mol. The van der Waals surface area contributed by atoms with Crippen LogP contribution in [-0.2, 0) is 0 Å². The summed E-state index contributed by atoms with van der Waals surface area (Å²) in [6.07, 6.45) is 6.48. The fourth-order valence-corrected chi connectivity index (χ4v) is 2.49. The zero-order valence-corrected chi connectivity index (χ0v) is 11.0. The molecule has 1 aliphatic rings. The normalized spacial score (nSPS) is 19.0. The van der Waals surface area contributed by atoms with Crippen molar-refractivity contribution in [2.75, 3.05) is 0 Å². The lowest BCUT2D eigenvalue weighted by Gasteiger charge is -2.23. The minimum Gasteiger partial charge on any atom is -0.489 e. The largest absolute Gasteiger partial charge is 0.489 e. The Bertz CT molecular complexity index is 372. The number of hydrogen-bond donors (Lipinski definition) is 1. The van der Waals surface area contributed by atoms with Gasteiger partial charge in [0, 0.05) is 6.04 Å². The molecule has 17 heavy (non-hydrogen) atoms. The third-order valence-corrected chi connectivity index (χ3v) is 3.62. The van der Waals surface area contributed by atoms with E-state index in [2.05, 4.69) is 0 Å². The third kappa shape index (κ3) is 3.36. The molecule has 94 valence electrons. The van der Waals surface area contributed by atoms with Gasteiger partial charge in [0.15, 0.2) is 0 Å². The predicted octanol–water partition coefficient (Wildman–Crippen LogP) is 4.07. The molecule has 0 amide bonds. The zero-order valence-electron chi connectivity index (χ0n) is 10.3. The van der Waals surface area contributed by atoms with Gasteiger partial charge in [0.1, 0.15) is 5.75 Å². The molecule has 3 heteroatoms. The number of benzene rings is 1. The summed E-state index contributed by atoms with van der Waals surface area (Å²) >= 11 is 6.21. The smallest absolute Gasteiger partial charge is 0.138 e. The Morgan fingerprint density at radius 3 is 2.59 bits per heavy atom. The van der Waals surface area contributed by atoms with Gasteiger partial charge in [0.2, 0.25) is 0 Å². The van der Waals surface area contributed by atoms with Crippen molar-refractivity contribution in [3.63, 3.8) is 0 Å². The van der Waals surface area contributed by atoms with E-state index in [0.29, 0.717) is 11.1 Å². The second-order valence-corrected chi connectivity index (χ2v) is 5.26. The molecule has 2 N–H and O–H groups in total. The van der Waals surface area contributed by atoms with E-state index < -0.39 is 0 Å². The van der Waals surface area contributed by atoms with Crippen LogP contribution in [-0.4, -0.2) is 6.10 Å². The molecule has 0 saturated heterocycles. The van der Waals surface area contributed by atoms with Gasteiger partial charge in [-0.05, 0) is 50.3 Å². The maximum atomic E-state index is 6.21. The van der Waals surface area contributed by atoms with E-state index >= 15 is 0 Å². The lowest BCUT2D eigenvalue weighted by molar-refractivity contribution is 0.155. The summed E-state index contributed by atoms with van der Waals surface area (Å²) in [6.45, 7) is 1.95. The average Bonchev–Trinajstić information content (AvgIpc) is 2.33. The fraction of sp³-hybridized carbons (Fsp3) is 0.571. The number of hydrogen-bond acceptors (Lipinski definition) is 2. The summed E-state index contributed by atoms with van der Waals surface area (Å²) in [4.78, 5) is 0. The van der Waals surface area contributed by atoms with Gasteiger partial charge < -0.3 is 10.5 Å². The molecule has 0 unspecified atom stereocenters. The summed E-state index contributed by atoms with van der Waals surface area (Å²) < 4.78 is 5.95. The minimum atomic E-state index is 0.0104. The summed E-state index contributed by atoms with van der Waals surface area (Å²) in [6, 6.07) is 5.85. The van der Waals surface area contributed by atoms with Crippen LogP contribution in [0.25, 0.3) is 0 Å². The molecule has 1 aromatic carbocycles. The Labute approximate surface area is 108 Å². The number of rotatable bonds is 3. The summed E-state index contributed by atoms with van der Waals surface area (Å²) in [7, 11) is 0. The van der Waals surface area contributed by atoms with E-state index in [1.807, 2.05) is 25.1 Å². The van der Waals surface area contributed by atoms with Crippen LogP contribution in [0.2, 0.25) is 5.02 Å². The van der Waals surface area contributed by atoms with Gasteiger partial charge >= 0.3 is 0 Å². The molecule has 1 aromatic rings.